The van der Waals surface area contributed by atoms with Crippen molar-refractivity contribution in [1.82, 2.24) is 4.72 Å². The molecule has 4 heteroatoms. The molecule has 0 aliphatic heterocycles. The molecule has 0 radical (unpaired) electrons. The van der Waals surface area contributed by atoms with Crippen LogP contribution in [-0.2, 0) is 10.0 Å². The average molecular weight is 269 g/mol. The summed E-state index contributed by atoms with van der Waals surface area (Å²) in [6, 6.07) is 5.88. The van der Waals surface area contributed by atoms with Crippen LogP contribution >= 0.6 is 0 Å². The van der Waals surface area contributed by atoms with Crippen molar-refractivity contribution in [3.63, 3.8) is 0 Å². The van der Waals surface area contributed by atoms with Gasteiger partial charge in [-0.15, -0.1) is 0 Å². The monoisotopic (exact) mass is 269 g/mol. The van der Waals surface area contributed by atoms with Crippen LogP contribution in [-0.4, -0.2) is 14.2 Å². The highest BCUT2D eigenvalue weighted by atomic mass is 32.2. The number of benzene rings is 1. The fraction of sp³-hybridized carbons (Fsp3) is 0.571. The topological polar surface area (TPSA) is 46.2 Å². The van der Waals surface area contributed by atoms with E-state index in [1.54, 1.807) is 0 Å². The predicted octanol–water partition coefficient (Wildman–Crippen LogP) is 3.08. The molecule has 0 aliphatic rings. The number of unbranched alkanes of at least 4 members (excludes halogenated alkanes) is 1. The molecule has 0 saturated heterocycles. The molecule has 1 atom stereocenters. The van der Waals surface area contributed by atoms with Gasteiger partial charge in [0.15, 0.2) is 0 Å². The minimum absolute atomic E-state index is 0.175. The van der Waals surface area contributed by atoms with Crippen LogP contribution in [0.1, 0.15) is 49.4 Å². The molecular weight excluding hydrogens is 246 g/mol. The van der Waals surface area contributed by atoms with Crippen molar-refractivity contribution in [1.29, 1.82) is 0 Å². The lowest BCUT2D eigenvalue weighted by Crippen LogP contribution is -2.29. The van der Waals surface area contributed by atoms with Gasteiger partial charge in [0.2, 0.25) is 10.0 Å². The highest BCUT2D eigenvalue weighted by Crippen LogP contribution is 2.17. The Morgan fingerprint density at radius 2 is 1.89 bits per heavy atom. The molecule has 0 amide bonds. The molecule has 0 heterocycles. The highest BCUT2D eigenvalue weighted by molar-refractivity contribution is 7.89. The van der Waals surface area contributed by atoms with E-state index in [0.717, 1.165) is 12.0 Å². The van der Waals surface area contributed by atoms with Gasteiger partial charge in [-0.2, -0.15) is 0 Å². The fourth-order valence-electron chi connectivity index (χ4n) is 1.76. The largest absolute Gasteiger partial charge is 0.212 e. The van der Waals surface area contributed by atoms with Gasteiger partial charge in [-0.1, -0.05) is 31.5 Å². The van der Waals surface area contributed by atoms with E-state index < -0.39 is 10.0 Å². The Balaban J connectivity index is 2.75. The number of aryl methyl sites for hydroxylation is 2. The quantitative estimate of drug-likeness (QED) is 0.862. The standard InChI is InChI=1S/C14H23NO2S/c1-5-6-9-18(16,17)15-13(4)14-8-7-11(2)12(3)10-14/h7-8,10,13,15H,5-6,9H2,1-4H3. The molecule has 0 aliphatic carbocycles. The van der Waals surface area contributed by atoms with E-state index in [2.05, 4.69) is 11.6 Å². The zero-order valence-electron chi connectivity index (χ0n) is 11.7. The number of sulfonamides is 1. The maximum atomic E-state index is 11.8. The summed E-state index contributed by atoms with van der Waals surface area (Å²) in [6.07, 6.45) is 1.59. The summed E-state index contributed by atoms with van der Waals surface area (Å²) in [5.41, 5.74) is 3.42. The fourth-order valence-corrected chi connectivity index (χ4v) is 3.23. The molecule has 1 aromatic rings. The van der Waals surface area contributed by atoms with E-state index >= 15 is 0 Å². The second-order valence-corrected chi connectivity index (χ2v) is 6.73. The summed E-state index contributed by atoms with van der Waals surface area (Å²) in [5, 5.41) is 0. The summed E-state index contributed by atoms with van der Waals surface area (Å²) in [7, 11) is -3.16. The summed E-state index contributed by atoms with van der Waals surface area (Å²) in [4.78, 5) is 0. The number of rotatable bonds is 6. The van der Waals surface area contributed by atoms with Gasteiger partial charge >= 0.3 is 0 Å². The van der Waals surface area contributed by atoms with Crippen molar-refractivity contribution in [2.45, 2.75) is 46.6 Å². The lowest BCUT2D eigenvalue weighted by atomic mass is 10.0. The number of nitrogens with one attached hydrogen (secondary N) is 1. The third-order valence-electron chi connectivity index (χ3n) is 3.15. The van der Waals surface area contributed by atoms with Gasteiger partial charge in [0, 0.05) is 6.04 Å². The molecule has 0 fully saturated rings. The first-order valence-electron chi connectivity index (χ1n) is 6.43. The van der Waals surface area contributed by atoms with Gasteiger partial charge in [0.25, 0.3) is 0 Å². The van der Waals surface area contributed by atoms with Crippen molar-refractivity contribution < 1.29 is 8.42 Å². The smallest absolute Gasteiger partial charge is 0.212 e. The van der Waals surface area contributed by atoms with Crippen molar-refractivity contribution in [2.24, 2.45) is 0 Å². The van der Waals surface area contributed by atoms with E-state index in [9.17, 15) is 8.42 Å². The molecule has 18 heavy (non-hydrogen) atoms. The van der Waals surface area contributed by atoms with Crippen LogP contribution in [0.3, 0.4) is 0 Å². The van der Waals surface area contributed by atoms with Gasteiger partial charge in [0.1, 0.15) is 0 Å². The Hall–Kier alpha value is -0.870. The zero-order chi connectivity index (χ0) is 13.8. The number of hydrogen-bond acceptors (Lipinski definition) is 2. The zero-order valence-corrected chi connectivity index (χ0v) is 12.5. The average Bonchev–Trinajstić information content (AvgIpc) is 2.29. The molecule has 0 aromatic heterocycles. The van der Waals surface area contributed by atoms with Gasteiger partial charge < -0.3 is 0 Å². The minimum Gasteiger partial charge on any atom is -0.212 e. The highest BCUT2D eigenvalue weighted by Gasteiger charge is 2.15. The maximum absolute atomic E-state index is 11.8. The summed E-state index contributed by atoms with van der Waals surface area (Å²) in [6.45, 7) is 7.96. The second-order valence-electron chi connectivity index (χ2n) is 4.86. The predicted molar refractivity (Wildman–Crippen MR) is 76.2 cm³/mol. The first-order valence-corrected chi connectivity index (χ1v) is 8.08. The molecular formula is C14H23NO2S. The molecule has 102 valence electrons. The Kier molecular flexibility index (Phi) is 5.35. The van der Waals surface area contributed by atoms with E-state index in [0.29, 0.717) is 6.42 Å². The van der Waals surface area contributed by atoms with Crippen LogP contribution in [0.15, 0.2) is 18.2 Å². The molecule has 1 aromatic carbocycles. The van der Waals surface area contributed by atoms with Crippen LogP contribution in [0.25, 0.3) is 0 Å². The van der Waals surface area contributed by atoms with Crippen molar-refractivity contribution >= 4 is 10.0 Å². The molecule has 1 unspecified atom stereocenters. The summed E-state index contributed by atoms with van der Waals surface area (Å²) in [5.74, 6) is 0.207. The Labute approximate surface area is 111 Å². The minimum atomic E-state index is -3.16. The lowest BCUT2D eigenvalue weighted by molar-refractivity contribution is 0.563. The Morgan fingerprint density at radius 1 is 1.22 bits per heavy atom. The Bertz CT molecular complexity index is 495. The molecule has 1 rings (SSSR count). The molecule has 0 spiro atoms. The van der Waals surface area contributed by atoms with Gasteiger partial charge in [-0.05, 0) is 43.9 Å². The molecule has 0 bridgehead atoms. The summed E-state index contributed by atoms with van der Waals surface area (Å²) >= 11 is 0. The van der Waals surface area contributed by atoms with Crippen LogP contribution < -0.4 is 4.72 Å². The molecule has 1 N–H and O–H groups in total. The Morgan fingerprint density at radius 3 is 2.44 bits per heavy atom. The molecule has 0 saturated carbocycles. The van der Waals surface area contributed by atoms with E-state index in [1.165, 1.54) is 11.1 Å². The van der Waals surface area contributed by atoms with Gasteiger partial charge in [-0.25, -0.2) is 13.1 Å². The maximum Gasteiger partial charge on any atom is 0.212 e. The first-order chi connectivity index (χ1) is 8.35. The van der Waals surface area contributed by atoms with Crippen LogP contribution in [0, 0.1) is 13.8 Å². The normalized spacial score (nSPS) is 13.6. The van der Waals surface area contributed by atoms with Crippen molar-refractivity contribution in [3.05, 3.63) is 34.9 Å². The first kappa shape index (κ1) is 15.2. The second kappa shape index (κ2) is 6.34. The lowest BCUT2D eigenvalue weighted by Gasteiger charge is -2.15. The van der Waals surface area contributed by atoms with Crippen LogP contribution in [0.4, 0.5) is 0 Å². The van der Waals surface area contributed by atoms with Gasteiger partial charge in [0.05, 0.1) is 5.75 Å². The third kappa shape index (κ3) is 4.42. The van der Waals surface area contributed by atoms with E-state index in [1.807, 2.05) is 39.0 Å². The SMILES string of the molecule is CCCCS(=O)(=O)NC(C)c1ccc(C)c(C)c1. The van der Waals surface area contributed by atoms with E-state index in [4.69, 9.17) is 0 Å². The van der Waals surface area contributed by atoms with Gasteiger partial charge in [-0.3, -0.25) is 0 Å². The van der Waals surface area contributed by atoms with Crippen molar-refractivity contribution in [2.75, 3.05) is 5.75 Å². The molecule has 3 nitrogen and oxygen atoms in total. The summed E-state index contributed by atoms with van der Waals surface area (Å²) < 4.78 is 26.4. The third-order valence-corrected chi connectivity index (χ3v) is 4.69. The van der Waals surface area contributed by atoms with Crippen LogP contribution in [0.2, 0.25) is 0 Å². The van der Waals surface area contributed by atoms with Crippen LogP contribution in [0.5, 0.6) is 0 Å². The van der Waals surface area contributed by atoms with E-state index in [-0.39, 0.29) is 11.8 Å². The van der Waals surface area contributed by atoms with Crippen molar-refractivity contribution in [3.8, 4) is 0 Å². The number of hydrogen-bond donors (Lipinski definition) is 1.